The topological polar surface area (TPSA) is 12.5 Å². The molecule has 1 spiro atoms. The highest BCUT2D eigenvalue weighted by Crippen LogP contribution is 2.59. The van der Waals surface area contributed by atoms with Crippen molar-refractivity contribution in [3.05, 3.63) is 34.9 Å². The summed E-state index contributed by atoms with van der Waals surface area (Å²) in [5.41, 5.74) is 5.37. The van der Waals surface area contributed by atoms with Crippen LogP contribution in [0, 0.1) is 5.92 Å². The molecule has 1 nitrogen and oxygen atoms in total. The maximum absolute atomic E-state index is 5.95. The summed E-state index contributed by atoms with van der Waals surface area (Å²) in [7, 11) is 0. The lowest BCUT2D eigenvalue weighted by molar-refractivity contribution is 0.0690. The predicted octanol–water partition coefficient (Wildman–Crippen LogP) is 4.58. The minimum Gasteiger partial charge on any atom is -0.369 e. The van der Waals surface area contributed by atoms with Crippen LogP contribution in [0.2, 0.25) is 0 Å². The molecule has 0 radical (unpaired) electrons. The summed E-state index contributed by atoms with van der Waals surface area (Å²) in [5.74, 6) is 1.39. The first kappa shape index (κ1) is 12.9. The van der Waals surface area contributed by atoms with Crippen LogP contribution in [0.5, 0.6) is 0 Å². The predicted molar refractivity (Wildman–Crippen MR) is 82.2 cm³/mol. The van der Waals surface area contributed by atoms with Crippen molar-refractivity contribution in [2.45, 2.75) is 69.8 Å². The molecule has 3 aliphatic rings. The maximum atomic E-state index is 5.95. The lowest BCUT2D eigenvalue weighted by Crippen LogP contribution is -2.48. The van der Waals surface area contributed by atoms with Gasteiger partial charge in [0.05, 0.1) is 12.2 Å². The Hall–Kier alpha value is -0.820. The molecule has 108 valence electrons. The Morgan fingerprint density at radius 3 is 2.75 bits per heavy atom. The third-order valence-electron chi connectivity index (χ3n) is 6.33. The molecule has 3 atom stereocenters. The zero-order chi connectivity index (χ0) is 14.0. The van der Waals surface area contributed by atoms with Gasteiger partial charge in [0.15, 0.2) is 0 Å². The first-order valence-corrected chi connectivity index (χ1v) is 8.32. The van der Waals surface area contributed by atoms with E-state index >= 15 is 0 Å². The van der Waals surface area contributed by atoms with E-state index < -0.39 is 0 Å². The fourth-order valence-electron chi connectivity index (χ4n) is 5.06. The first-order chi connectivity index (χ1) is 9.55. The standard InChI is InChI=1S/C19H26O/c1-13(2)14-5-7-16-15(11-14)6-8-17-18(16,3)9-4-10-19(17)12-20-19/h5,7,11,13,17H,4,6,8-10,12H2,1-3H3/t17-,18-,19+/m1/s1. The van der Waals surface area contributed by atoms with Crippen LogP contribution in [-0.2, 0) is 16.6 Å². The van der Waals surface area contributed by atoms with Crippen molar-refractivity contribution in [1.82, 2.24) is 0 Å². The van der Waals surface area contributed by atoms with Crippen molar-refractivity contribution in [2.24, 2.45) is 5.92 Å². The second-order valence-electron chi connectivity index (χ2n) is 7.79. The normalized spacial score (nSPS) is 38.7. The number of hydrogen-bond donors (Lipinski definition) is 0. The number of benzene rings is 1. The lowest BCUT2D eigenvalue weighted by Gasteiger charge is -2.49. The van der Waals surface area contributed by atoms with Gasteiger partial charge < -0.3 is 4.74 Å². The fraction of sp³-hybridized carbons (Fsp3) is 0.684. The highest BCUT2D eigenvalue weighted by atomic mass is 16.6. The number of fused-ring (bicyclic) bond motifs is 4. The number of hydrogen-bond acceptors (Lipinski definition) is 1. The number of aryl methyl sites for hydroxylation is 1. The van der Waals surface area contributed by atoms with Crippen molar-refractivity contribution in [3.8, 4) is 0 Å². The van der Waals surface area contributed by atoms with Crippen LogP contribution in [0.1, 0.15) is 69.1 Å². The van der Waals surface area contributed by atoms with E-state index in [0.29, 0.717) is 11.3 Å². The van der Waals surface area contributed by atoms with Crippen LogP contribution in [0.4, 0.5) is 0 Å². The van der Waals surface area contributed by atoms with Gasteiger partial charge in [0.25, 0.3) is 0 Å². The number of rotatable bonds is 1. The first-order valence-electron chi connectivity index (χ1n) is 8.32. The SMILES string of the molecule is CC(C)c1ccc2c(c1)CC[C@H]1[C@]3(CCC[C@]21C)CO3. The zero-order valence-corrected chi connectivity index (χ0v) is 13.0. The van der Waals surface area contributed by atoms with Gasteiger partial charge >= 0.3 is 0 Å². The summed E-state index contributed by atoms with van der Waals surface area (Å²) in [5, 5.41) is 0. The van der Waals surface area contributed by atoms with Crippen molar-refractivity contribution in [1.29, 1.82) is 0 Å². The smallest absolute Gasteiger partial charge is 0.0953 e. The molecule has 1 heteroatoms. The molecular formula is C19H26O. The quantitative estimate of drug-likeness (QED) is 0.680. The molecule has 1 aromatic rings. The maximum Gasteiger partial charge on any atom is 0.0953 e. The van der Waals surface area contributed by atoms with Crippen molar-refractivity contribution in [3.63, 3.8) is 0 Å². The van der Waals surface area contributed by atoms with E-state index in [1.165, 1.54) is 37.7 Å². The van der Waals surface area contributed by atoms with E-state index in [1.807, 2.05) is 0 Å². The number of epoxide rings is 1. The molecule has 0 amide bonds. The average Bonchev–Trinajstić information content (AvgIpc) is 3.18. The van der Waals surface area contributed by atoms with E-state index in [-0.39, 0.29) is 5.60 Å². The molecule has 1 saturated heterocycles. The largest absolute Gasteiger partial charge is 0.369 e. The van der Waals surface area contributed by atoms with Gasteiger partial charge in [0.2, 0.25) is 0 Å². The average molecular weight is 270 g/mol. The third-order valence-corrected chi connectivity index (χ3v) is 6.33. The molecule has 20 heavy (non-hydrogen) atoms. The molecular weight excluding hydrogens is 244 g/mol. The molecule has 0 bridgehead atoms. The molecule has 2 aliphatic carbocycles. The Morgan fingerprint density at radius 2 is 2.05 bits per heavy atom. The van der Waals surface area contributed by atoms with Gasteiger partial charge in [-0.15, -0.1) is 0 Å². The van der Waals surface area contributed by atoms with E-state index in [1.54, 1.807) is 11.1 Å². The monoisotopic (exact) mass is 270 g/mol. The van der Waals surface area contributed by atoms with Crippen LogP contribution in [0.15, 0.2) is 18.2 Å². The lowest BCUT2D eigenvalue weighted by atomic mass is 9.54. The Labute approximate surface area is 122 Å². The zero-order valence-electron chi connectivity index (χ0n) is 13.0. The van der Waals surface area contributed by atoms with Gasteiger partial charge in [0, 0.05) is 0 Å². The van der Waals surface area contributed by atoms with Gasteiger partial charge in [-0.3, -0.25) is 0 Å². The molecule has 4 rings (SSSR count). The van der Waals surface area contributed by atoms with Crippen LogP contribution in [0.3, 0.4) is 0 Å². The summed E-state index contributed by atoms with van der Waals surface area (Å²) in [4.78, 5) is 0. The highest BCUT2D eigenvalue weighted by molar-refractivity contribution is 5.42. The summed E-state index contributed by atoms with van der Waals surface area (Å²) in [6.07, 6.45) is 6.55. The molecule has 0 aromatic heterocycles. The van der Waals surface area contributed by atoms with E-state index in [4.69, 9.17) is 4.74 Å². The summed E-state index contributed by atoms with van der Waals surface area (Å²) in [6.45, 7) is 8.12. The molecule has 1 aromatic carbocycles. The molecule has 2 fully saturated rings. The minimum atomic E-state index is 0.265. The molecule has 1 heterocycles. The molecule has 0 unspecified atom stereocenters. The summed E-state index contributed by atoms with van der Waals surface area (Å²) >= 11 is 0. The Morgan fingerprint density at radius 1 is 1.25 bits per heavy atom. The molecule has 1 saturated carbocycles. The van der Waals surface area contributed by atoms with Crippen LogP contribution in [-0.4, -0.2) is 12.2 Å². The molecule has 0 N–H and O–H groups in total. The fourth-order valence-corrected chi connectivity index (χ4v) is 5.06. The summed E-state index contributed by atoms with van der Waals surface area (Å²) in [6, 6.07) is 7.29. The third kappa shape index (κ3) is 1.65. The van der Waals surface area contributed by atoms with E-state index in [2.05, 4.69) is 39.0 Å². The molecule has 1 aliphatic heterocycles. The highest BCUT2D eigenvalue weighted by Gasteiger charge is 2.60. The van der Waals surface area contributed by atoms with E-state index in [9.17, 15) is 0 Å². The van der Waals surface area contributed by atoms with E-state index in [0.717, 1.165) is 12.5 Å². The summed E-state index contributed by atoms with van der Waals surface area (Å²) < 4.78 is 5.95. The van der Waals surface area contributed by atoms with Gasteiger partial charge in [-0.25, -0.2) is 0 Å². The second-order valence-corrected chi connectivity index (χ2v) is 7.79. The minimum absolute atomic E-state index is 0.265. The van der Waals surface area contributed by atoms with Crippen molar-refractivity contribution >= 4 is 0 Å². The Kier molecular flexibility index (Phi) is 2.64. The Bertz CT molecular complexity index is 541. The van der Waals surface area contributed by atoms with Gasteiger partial charge in [-0.05, 0) is 66.0 Å². The van der Waals surface area contributed by atoms with Crippen LogP contribution in [0.25, 0.3) is 0 Å². The second kappa shape index (κ2) is 4.10. The van der Waals surface area contributed by atoms with Crippen molar-refractivity contribution in [2.75, 3.05) is 6.61 Å². The van der Waals surface area contributed by atoms with Gasteiger partial charge in [0.1, 0.15) is 0 Å². The Balaban J connectivity index is 1.78. The van der Waals surface area contributed by atoms with Crippen LogP contribution >= 0.6 is 0 Å². The van der Waals surface area contributed by atoms with Gasteiger partial charge in [-0.2, -0.15) is 0 Å². The number of ether oxygens (including phenoxy) is 1. The van der Waals surface area contributed by atoms with Crippen LogP contribution < -0.4 is 0 Å². The van der Waals surface area contributed by atoms with Gasteiger partial charge in [-0.1, -0.05) is 39.0 Å². The van der Waals surface area contributed by atoms with Crippen molar-refractivity contribution < 1.29 is 4.74 Å².